The van der Waals surface area contributed by atoms with Gasteiger partial charge in [-0.25, -0.2) is 14.2 Å². The summed E-state index contributed by atoms with van der Waals surface area (Å²) < 4.78 is 58.1. The maximum Gasteiger partial charge on any atom is 0.416 e. The number of carbonyl (C=O) groups excluding carboxylic acids is 1. The second kappa shape index (κ2) is 10.6. The smallest absolute Gasteiger partial charge is 0.416 e. The molecule has 1 N–H and O–H groups in total. The fraction of sp³-hybridized carbons (Fsp3) is 0.233. The number of benzene rings is 3. The number of esters is 1. The molecule has 0 bridgehead atoms. The van der Waals surface area contributed by atoms with Gasteiger partial charge in [-0.2, -0.15) is 18.2 Å². The molecule has 6 nitrogen and oxygen atoms in total. The van der Waals surface area contributed by atoms with E-state index in [9.17, 15) is 22.4 Å². The van der Waals surface area contributed by atoms with Crippen molar-refractivity contribution in [2.45, 2.75) is 39.4 Å². The van der Waals surface area contributed by atoms with E-state index >= 15 is 0 Å². The number of hydrogen-bond acceptors (Lipinski definition) is 6. The van der Waals surface area contributed by atoms with Crippen molar-refractivity contribution in [2.24, 2.45) is 0 Å². The van der Waals surface area contributed by atoms with Crippen LogP contribution in [0.15, 0.2) is 66.7 Å². The Morgan fingerprint density at radius 3 is 2.50 bits per heavy atom. The third-order valence-electron chi connectivity index (χ3n) is 7.03. The van der Waals surface area contributed by atoms with E-state index in [0.717, 1.165) is 40.3 Å². The highest BCUT2D eigenvalue weighted by Crippen LogP contribution is 2.37. The van der Waals surface area contributed by atoms with Crippen molar-refractivity contribution in [1.82, 2.24) is 9.97 Å². The van der Waals surface area contributed by atoms with Crippen LogP contribution in [-0.2, 0) is 12.6 Å². The highest BCUT2D eigenvalue weighted by Gasteiger charge is 2.31. The van der Waals surface area contributed by atoms with Crippen molar-refractivity contribution in [3.8, 4) is 5.75 Å². The van der Waals surface area contributed by atoms with Crippen LogP contribution in [0.5, 0.6) is 5.75 Å². The number of nitrogens with one attached hydrogen (secondary N) is 1. The fourth-order valence-corrected chi connectivity index (χ4v) is 4.74. The first-order valence-corrected chi connectivity index (χ1v) is 12.7. The van der Waals surface area contributed by atoms with Gasteiger partial charge in [0.1, 0.15) is 17.4 Å². The lowest BCUT2D eigenvalue weighted by atomic mass is 9.93. The van der Waals surface area contributed by atoms with Gasteiger partial charge in [-0.05, 0) is 92.9 Å². The molecular formula is C30H26F4N4O2. The Morgan fingerprint density at radius 1 is 1.02 bits per heavy atom. The third kappa shape index (κ3) is 5.61. The molecule has 206 valence electrons. The molecule has 1 unspecified atom stereocenters. The fourth-order valence-electron chi connectivity index (χ4n) is 4.74. The molecule has 0 saturated heterocycles. The second-order valence-corrected chi connectivity index (χ2v) is 9.66. The van der Waals surface area contributed by atoms with Gasteiger partial charge in [0.05, 0.1) is 17.2 Å². The summed E-state index contributed by atoms with van der Waals surface area (Å²) in [5.41, 5.74) is 3.25. The van der Waals surface area contributed by atoms with Gasteiger partial charge in [0.15, 0.2) is 0 Å². The maximum atomic E-state index is 13.3. The number of alkyl halides is 3. The first-order valence-electron chi connectivity index (χ1n) is 12.7. The Kier molecular flexibility index (Phi) is 7.18. The molecule has 0 aliphatic carbocycles. The van der Waals surface area contributed by atoms with Crippen LogP contribution in [0.1, 0.15) is 51.3 Å². The third-order valence-corrected chi connectivity index (χ3v) is 7.03. The van der Waals surface area contributed by atoms with Crippen molar-refractivity contribution in [1.29, 1.82) is 0 Å². The van der Waals surface area contributed by atoms with Crippen LogP contribution in [0.2, 0.25) is 0 Å². The van der Waals surface area contributed by atoms with E-state index in [-0.39, 0.29) is 23.2 Å². The highest BCUT2D eigenvalue weighted by atomic mass is 19.4. The quantitative estimate of drug-likeness (QED) is 0.159. The van der Waals surface area contributed by atoms with Gasteiger partial charge in [0, 0.05) is 23.5 Å². The summed E-state index contributed by atoms with van der Waals surface area (Å²) in [7, 11) is 0. The molecule has 3 aromatic carbocycles. The standard InChI is InChI=1S/C30H26F4N4O2/c1-17-18(2)35-29(36-24-10-8-23(31)9-11-24)37-27(17)38-14-13-20-7-12-25(16-26(20)19(38)3)40-28(39)21-5-4-6-22(15-21)30(32,33)34/h4-12,15-16,19H,13-14H2,1-3H3,(H,35,36,37). The summed E-state index contributed by atoms with van der Waals surface area (Å²) in [5.74, 6) is 0.148. The van der Waals surface area contributed by atoms with Crippen LogP contribution in [0, 0.1) is 19.7 Å². The van der Waals surface area contributed by atoms with Crippen LogP contribution in [0.25, 0.3) is 0 Å². The molecule has 1 atom stereocenters. The molecule has 10 heteroatoms. The zero-order chi connectivity index (χ0) is 28.6. The summed E-state index contributed by atoms with van der Waals surface area (Å²) in [6.45, 7) is 6.54. The molecule has 4 aromatic rings. The largest absolute Gasteiger partial charge is 0.423 e. The predicted octanol–water partition coefficient (Wildman–Crippen LogP) is 7.34. The molecule has 5 rings (SSSR count). The van der Waals surface area contributed by atoms with Crippen molar-refractivity contribution in [2.75, 3.05) is 16.8 Å². The zero-order valence-electron chi connectivity index (χ0n) is 22.0. The van der Waals surface area contributed by atoms with Gasteiger partial charge in [-0.15, -0.1) is 0 Å². The second-order valence-electron chi connectivity index (χ2n) is 9.66. The number of hydrogen-bond donors (Lipinski definition) is 1. The summed E-state index contributed by atoms with van der Waals surface area (Å²) in [4.78, 5) is 24.1. The molecule has 0 amide bonds. The van der Waals surface area contributed by atoms with Gasteiger partial charge in [-0.3, -0.25) is 0 Å². The Balaban J connectivity index is 1.39. The topological polar surface area (TPSA) is 67.3 Å². The van der Waals surface area contributed by atoms with E-state index < -0.39 is 17.7 Å². The number of nitrogens with zero attached hydrogens (tertiary/aromatic N) is 3. The van der Waals surface area contributed by atoms with Crippen molar-refractivity contribution < 1.29 is 27.1 Å². The minimum atomic E-state index is -4.56. The lowest BCUT2D eigenvalue weighted by Gasteiger charge is -2.37. The van der Waals surface area contributed by atoms with Crippen LogP contribution < -0.4 is 15.0 Å². The average molecular weight is 551 g/mol. The number of carbonyl (C=O) groups is 1. The number of rotatable bonds is 5. The molecule has 0 radical (unpaired) electrons. The summed E-state index contributed by atoms with van der Waals surface area (Å²) in [5, 5.41) is 3.13. The minimum absolute atomic E-state index is 0.150. The zero-order valence-corrected chi connectivity index (χ0v) is 22.0. The highest BCUT2D eigenvalue weighted by molar-refractivity contribution is 5.91. The molecule has 0 saturated carbocycles. The molecular weight excluding hydrogens is 524 g/mol. The van der Waals surface area contributed by atoms with Crippen LogP contribution >= 0.6 is 0 Å². The molecule has 1 aromatic heterocycles. The number of anilines is 3. The molecule has 1 aliphatic heterocycles. The van der Waals surface area contributed by atoms with E-state index in [1.165, 1.54) is 24.3 Å². The maximum absolute atomic E-state index is 13.3. The SMILES string of the molecule is Cc1nc(Nc2ccc(F)cc2)nc(N2CCc3ccc(OC(=O)c4cccc(C(F)(F)F)c4)cc3C2C)c1C. The Bertz CT molecular complexity index is 1570. The first-order chi connectivity index (χ1) is 19.0. The van der Waals surface area contributed by atoms with Crippen LogP contribution in [-0.4, -0.2) is 22.5 Å². The summed E-state index contributed by atoms with van der Waals surface area (Å²) in [6, 6.07) is 15.2. The predicted molar refractivity (Wildman–Crippen MR) is 143 cm³/mol. The first kappa shape index (κ1) is 27.1. The Labute approximate surface area is 228 Å². The van der Waals surface area contributed by atoms with Gasteiger partial charge in [0.2, 0.25) is 5.95 Å². The molecule has 0 fully saturated rings. The number of aryl methyl sites for hydroxylation is 1. The van der Waals surface area contributed by atoms with E-state index in [1.807, 2.05) is 26.8 Å². The normalized spacial score (nSPS) is 15.0. The van der Waals surface area contributed by atoms with E-state index in [4.69, 9.17) is 9.72 Å². The van der Waals surface area contributed by atoms with Crippen molar-refractivity contribution in [3.05, 3.63) is 106 Å². The lowest BCUT2D eigenvalue weighted by molar-refractivity contribution is -0.137. The van der Waals surface area contributed by atoms with Gasteiger partial charge in [0.25, 0.3) is 0 Å². The number of fused-ring (bicyclic) bond motifs is 1. The number of halogens is 4. The van der Waals surface area contributed by atoms with Crippen molar-refractivity contribution >= 4 is 23.4 Å². The van der Waals surface area contributed by atoms with Gasteiger partial charge in [-0.1, -0.05) is 12.1 Å². The monoisotopic (exact) mass is 550 g/mol. The van der Waals surface area contributed by atoms with E-state index in [1.54, 1.807) is 24.3 Å². The van der Waals surface area contributed by atoms with E-state index in [2.05, 4.69) is 15.2 Å². The molecule has 2 heterocycles. The number of aromatic nitrogens is 2. The van der Waals surface area contributed by atoms with Crippen molar-refractivity contribution in [3.63, 3.8) is 0 Å². The number of ether oxygens (including phenoxy) is 1. The van der Waals surface area contributed by atoms with Gasteiger partial charge < -0.3 is 15.0 Å². The van der Waals surface area contributed by atoms with Gasteiger partial charge >= 0.3 is 12.1 Å². The van der Waals surface area contributed by atoms with Crippen LogP contribution in [0.3, 0.4) is 0 Å². The molecule has 1 aliphatic rings. The molecule has 0 spiro atoms. The average Bonchev–Trinajstić information content (AvgIpc) is 2.92. The minimum Gasteiger partial charge on any atom is -0.423 e. The van der Waals surface area contributed by atoms with E-state index in [0.29, 0.717) is 24.6 Å². The summed E-state index contributed by atoms with van der Waals surface area (Å²) >= 11 is 0. The lowest BCUT2D eigenvalue weighted by Crippen LogP contribution is -2.35. The van der Waals surface area contributed by atoms with Crippen LogP contribution in [0.4, 0.5) is 35.0 Å². The Morgan fingerprint density at radius 2 is 1.77 bits per heavy atom. The Hall–Kier alpha value is -4.47. The molecule has 40 heavy (non-hydrogen) atoms. The summed E-state index contributed by atoms with van der Waals surface area (Å²) in [6.07, 6.45) is -3.85.